The zero-order chi connectivity index (χ0) is 13.8. The zero-order valence-corrected chi connectivity index (χ0v) is 12.4. The van der Waals surface area contributed by atoms with Crippen LogP contribution in [0.1, 0.15) is 43.8 Å². The van der Waals surface area contributed by atoms with Crippen LogP contribution in [0.25, 0.3) is 0 Å². The molecule has 1 aliphatic rings. The van der Waals surface area contributed by atoms with Crippen molar-refractivity contribution in [2.24, 2.45) is 0 Å². The number of hydrogen-bond acceptors (Lipinski definition) is 4. The Hall–Kier alpha value is -0.940. The maximum atomic E-state index is 10.7. The average Bonchev–Trinajstić information content (AvgIpc) is 2.76. The summed E-state index contributed by atoms with van der Waals surface area (Å²) in [6, 6.07) is 1.14. The Morgan fingerprint density at radius 1 is 1.58 bits per heavy atom. The van der Waals surface area contributed by atoms with Crippen LogP contribution >= 0.6 is 11.3 Å². The highest BCUT2D eigenvalue weighted by Crippen LogP contribution is 2.24. The summed E-state index contributed by atoms with van der Waals surface area (Å²) in [5, 5.41) is 11.7. The van der Waals surface area contributed by atoms with Crippen molar-refractivity contribution in [1.29, 1.82) is 0 Å². The largest absolute Gasteiger partial charge is 0.481 e. The molecule has 0 bridgehead atoms. The van der Waals surface area contributed by atoms with Gasteiger partial charge in [-0.1, -0.05) is 6.42 Å². The van der Waals surface area contributed by atoms with E-state index in [4.69, 9.17) is 5.11 Å². The Morgan fingerprint density at radius 3 is 3.05 bits per heavy atom. The molecule has 0 aromatic carbocycles. The van der Waals surface area contributed by atoms with E-state index < -0.39 is 5.97 Å². The van der Waals surface area contributed by atoms with Gasteiger partial charge in [0.25, 0.3) is 0 Å². The van der Waals surface area contributed by atoms with Crippen LogP contribution in [0.2, 0.25) is 0 Å². The van der Waals surface area contributed by atoms with Crippen molar-refractivity contribution in [3.8, 4) is 0 Å². The summed E-state index contributed by atoms with van der Waals surface area (Å²) in [5.74, 6) is -0.807. The molecule has 1 fully saturated rings. The lowest BCUT2D eigenvalue weighted by atomic mass is 9.98. The van der Waals surface area contributed by atoms with Crippen LogP contribution in [-0.4, -0.2) is 39.6 Å². The number of aliphatic carboxylic acids is 1. The summed E-state index contributed by atoms with van der Waals surface area (Å²) in [6.07, 6.45) is 4.81. The van der Waals surface area contributed by atoms with E-state index >= 15 is 0 Å². The fraction of sp³-hybridized carbons (Fsp3) is 0.714. The second-order valence-corrected chi connectivity index (χ2v) is 6.43. The summed E-state index contributed by atoms with van der Waals surface area (Å²) in [6.45, 7) is 5.67. The number of nitrogens with zero attached hydrogens (tertiary/aromatic N) is 2. The lowest BCUT2D eigenvalue weighted by Gasteiger charge is -2.38. The van der Waals surface area contributed by atoms with Crippen LogP contribution < -0.4 is 0 Å². The van der Waals surface area contributed by atoms with Crippen LogP contribution in [0.15, 0.2) is 5.38 Å². The Kier molecular flexibility index (Phi) is 4.93. The van der Waals surface area contributed by atoms with Gasteiger partial charge in [-0.25, -0.2) is 4.98 Å². The minimum Gasteiger partial charge on any atom is -0.481 e. The van der Waals surface area contributed by atoms with Gasteiger partial charge in [0.1, 0.15) is 0 Å². The van der Waals surface area contributed by atoms with Crippen LogP contribution in [0, 0.1) is 0 Å². The van der Waals surface area contributed by atoms with E-state index in [1.54, 1.807) is 11.3 Å². The number of likely N-dealkylation sites (tertiary alicyclic amines) is 1. The fourth-order valence-electron chi connectivity index (χ4n) is 2.80. The first-order valence-corrected chi connectivity index (χ1v) is 7.85. The molecule has 0 radical (unpaired) electrons. The quantitative estimate of drug-likeness (QED) is 0.902. The fourth-order valence-corrected chi connectivity index (χ4v) is 3.67. The van der Waals surface area contributed by atoms with Gasteiger partial charge in [0, 0.05) is 23.9 Å². The van der Waals surface area contributed by atoms with Crippen molar-refractivity contribution in [2.45, 2.75) is 58.0 Å². The molecule has 1 unspecified atom stereocenters. The van der Waals surface area contributed by atoms with Crippen molar-refractivity contribution >= 4 is 17.3 Å². The predicted octanol–water partition coefficient (Wildman–Crippen LogP) is 2.58. The summed E-state index contributed by atoms with van der Waals surface area (Å²) in [5.41, 5.74) is 0.694. The molecule has 1 aromatic rings. The molecule has 19 heavy (non-hydrogen) atoms. The third-order valence-electron chi connectivity index (χ3n) is 3.68. The summed E-state index contributed by atoms with van der Waals surface area (Å²) in [7, 11) is 0. The number of carboxylic acids is 1. The van der Waals surface area contributed by atoms with Crippen molar-refractivity contribution < 1.29 is 9.90 Å². The molecule has 4 nitrogen and oxygen atoms in total. The van der Waals surface area contributed by atoms with Gasteiger partial charge in [0.2, 0.25) is 0 Å². The van der Waals surface area contributed by atoms with Gasteiger partial charge in [-0.3, -0.25) is 9.69 Å². The number of thiazole rings is 1. The van der Waals surface area contributed by atoms with Crippen molar-refractivity contribution in [3.63, 3.8) is 0 Å². The molecular formula is C14H22N2O2S. The zero-order valence-electron chi connectivity index (χ0n) is 11.6. The molecule has 0 amide bonds. The van der Waals surface area contributed by atoms with Gasteiger partial charge in [0.15, 0.2) is 0 Å². The van der Waals surface area contributed by atoms with E-state index in [1.165, 1.54) is 25.8 Å². The third kappa shape index (κ3) is 4.01. The monoisotopic (exact) mass is 282 g/mol. The van der Waals surface area contributed by atoms with Crippen LogP contribution in [0.4, 0.5) is 0 Å². The number of carbonyl (C=O) groups is 1. The molecule has 1 atom stereocenters. The van der Waals surface area contributed by atoms with Gasteiger partial charge >= 0.3 is 5.97 Å². The molecule has 2 heterocycles. The molecule has 106 valence electrons. The van der Waals surface area contributed by atoms with Crippen molar-refractivity contribution in [1.82, 2.24) is 9.88 Å². The smallest absolute Gasteiger partial charge is 0.309 e. The molecule has 1 N–H and O–H groups in total. The molecule has 2 rings (SSSR count). The van der Waals surface area contributed by atoms with Gasteiger partial charge in [-0.15, -0.1) is 11.3 Å². The van der Waals surface area contributed by atoms with Crippen LogP contribution in [-0.2, 0) is 17.6 Å². The van der Waals surface area contributed by atoms with Crippen LogP contribution in [0.5, 0.6) is 0 Å². The molecule has 0 saturated carbocycles. The number of carboxylic acid groups (broad SMARTS) is 1. The van der Waals surface area contributed by atoms with Crippen molar-refractivity contribution in [3.05, 3.63) is 16.1 Å². The van der Waals surface area contributed by atoms with E-state index in [0.717, 1.165) is 11.4 Å². The maximum Gasteiger partial charge on any atom is 0.309 e. The molecule has 0 spiro atoms. The van der Waals surface area contributed by atoms with E-state index in [-0.39, 0.29) is 6.42 Å². The van der Waals surface area contributed by atoms with Crippen LogP contribution in [0.3, 0.4) is 0 Å². The second-order valence-electron chi connectivity index (χ2n) is 5.49. The third-order valence-corrected chi connectivity index (χ3v) is 4.60. The highest BCUT2D eigenvalue weighted by molar-refractivity contribution is 7.09. The van der Waals surface area contributed by atoms with Crippen molar-refractivity contribution in [2.75, 3.05) is 6.54 Å². The number of rotatable bonds is 5. The standard InChI is InChI=1S/C14H22N2O2S/c1-10(2)16-6-4-3-5-12(16)8-13-15-11(9-19-13)7-14(17)18/h9-10,12H,3-8H2,1-2H3,(H,17,18). The van der Waals surface area contributed by atoms with E-state index in [0.29, 0.717) is 17.8 Å². The first kappa shape index (κ1) is 14.5. The summed E-state index contributed by atoms with van der Waals surface area (Å²) < 4.78 is 0. The Morgan fingerprint density at radius 2 is 2.37 bits per heavy atom. The highest BCUT2D eigenvalue weighted by Gasteiger charge is 2.25. The Bertz CT molecular complexity index is 431. The predicted molar refractivity (Wildman–Crippen MR) is 76.6 cm³/mol. The normalized spacial score (nSPS) is 20.9. The second kappa shape index (κ2) is 6.48. The first-order chi connectivity index (χ1) is 9.06. The van der Waals surface area contributed by atoms with Gasteiger partial charge in [-0.05, 0) is 33.2 Å². The van der Waals surface area contributed by atoms with Gasteiger partial charge < -0.3 is 5.11 Å². The topological polar surface area (TPSA) is 53.4 Å². The van der Waals surface area contributed by atoms with E-state index in [9.17, 15) is 4.79 Å². The van der Waals surface area contributed by atoms with Gasteiger partial charge in [-0.2, -0.15) is 0 Å². The average molecular weight is 282 g/mol. The maximum absolute atomic E-state index is 10.7. The minimum absolute atomic E-state index is 0.0368. The molecule has 1 aromatic heterocycles. The lowest BCUT2D eigenvalue weighted by Crippen LogP contribution is -2.44. The SMILES string of the molecule is CC(C)N1CCCCC1Cc1nc(CC(=O)O)cs1. The molecule has 1 saturated heterocycles. The molecule has 5 heteroatoms. The molecule has 1 aliphatic heterocycles. The van der Waals surface area contributed by atoms with Gasteiger partial charge in [0.05, 0.1) is 17.1 Å². The molecular weight excluding hydrogens is 260 g/mol. The van der Waals surface area contributed by atoms with E-state index in [2.05, 4.69) is 23.7 Å². The number of aromatic nitrogens is 1. The number of piperidine rings is 1. The first-order valence-electron chi connectivity index (χ1n) is 6.97. The molecule has 0 aliphatic carbocycles. The summed E-state index contributed by atoms with van der Waals surface area (Å²) >= 11 is 1.60. The van der Waals surface area contributed by atoms with E-state index in [1.807, 2.05) is 5.38 Å². The minimum atomic E-state index is -0.807. The lowest BCUT2D eigenvalue weighted by molar-refractivity contribution is -0.136. The number of hydrogen-bond donors (Lipinski definition) is 1. The highest BCUT2D eigenvalue weighted by atomic mass is 32.1. The Labute approximate surface area is 118 Å². The summed E-state index contributed by atoms with van der Waals surface area (Å²) in [4.78, 5) is 17.7. The Balaban J connectivity index is 1.98.